The first-order valence-electron chi connectivity index (χ1n) is 13.7. The third kappa shape index (κ3) is 10.3. The minimum Gasteiger partial charge on any atom is -0.494 e. The van der Waals surface area contributed by atoms with Gasteiger partial charge >= 0.3 is 0 Å². The van der Waals surface area contributed by atoms with Gasteiger partial charge in [-0.3, -0.25) is 0 Å². The van der Waals surface area contributed by atoms with Crippen molar-refractivity contribution in [2.45, 2.75) is 129 Å². The van der Waals surface area contributed by atoms with E-state index in [4.69, 9.17) is 9.47 Å². The second-order valence-corrected chi connectivity index (χ2v) is 9.73. The van der Waals surface area contributed by atoms with E-state index in [2.05, 4.69) is 39.0 Å². The van der Waals surface area contributed by atoms with E-state index in [1.807, 2.05) is 0 Å². The van der Waals surface area contributed by atoms with Crippen molar-refractivity contribution in [2.24, 2.45) is 5.92 Å². The predicted octanol–water partition coefficient (Wildman–Crippen LogP) is 9.46. The third-order valence-corrected chi connectivity index (χ3v) is 6.96. The van der Waals surface area contributed by atoms with E-state index in [1.165, 1.54) is 95.5 Å². The number of unbranched alkanes of at least 4 members (excludes halogenated alkanes) is 8. The average Bonchev–Trinajstić information content (AvgIpc) is 2.80. The molecule has 0 atom stereocenters. The molecule has 1 aliphatic rings. The van der Waals surface area contributed by atoms with Crippen molar-refractivity contribution in [3.8, 4) is 11.5 Å². The van der Waals surface area contributed by atoms with Crippen molar-refractivity contribution in [1.82, 2.24) is 0 Å². The normalized spacial score (nSPS) is 18.8. The topological polar surface area (TPSA) is 18.5 Å². The molecule has 2 rings (SSSR count). The van der Waals surface area contributed by atoms with Gasteiger partial charge < -0.3 is 9.47 Å². The van der Waals surface area contributed by atoms with E-state index in [0.29, 0.717) is 5.92 Å². The van der Waals surface area contributed by atoms with E-state index in [1.54, 1.807) is 0 Å². The lowest BCUT2D eigenvalue weighted by Gasteiger charge is -2.30. The van der Waals surface area contributed by atoms with Crippen LogP contribution in [0, 0.1) is 5.92 Å². The molecule has 2 heteroatoms. The number of rotatable bonds is 17. The van der Waals surface area contributed by atoms with E-state index >= 15 is 0 Å². The standard InChI is InChI=1S/C29H50O2/c1-4-7-9-11-13-15-25-16-18-26(19-17-25)28-24-27(20-21-29(28)31-22-6-3)30-23-14-12-10-8-5-2/h20-21,24-26H,4-19,22-23H2,1-3H3. The van der Waals surface area contributed by atoms with Crippen molar-refractivity contribution in [2.75, 3.05) is 13.2 Å². The van der Waals surface area contributed by atoms with Crippen molar-refractivity contribution < 1.29 is 9.47 Å². The molecule has 0 radical (unpaired) electrons. The molecule has 0 N–H and O–H groups in total. The second kappa shape index (κ2) is 16.5. The largest absolute Gasteiger partial charge is 0.494 e. The van der Waals surface area contributed by atoms with Crippen LogP contribution in [0.2, 0.25) is 0 Å². The quantitative estimate of drug-likeness (QED) is 0.229. The van der Waals surface area contributed by atoms with Gasteiger partial charge in [-0.1, -0.05) is 85.0 Å². The monoisotopic (exact) mass is 430 g/mol. The van der Waals surface area contributed by atoms with E-state index in [-0.39, 0.29) is 0 Å². The van der Waals surface area contributed by atoms with E-state index < -0.39 is 0 Å². The Morgan fingerprint density at radius 3 is 2.03 bits per heavy atom. The maximum atomic E-state index is 6.14. The maximum absolute atomic E-state index is 6.14. The molecule has 0 amide bonds. The summed E-state index contributed by atoms with van der Waals surface area (Å²) in [5.74, 6) is 3.71. The van der Waals surface area contributed by atoms with Gasteiger partial charge in [0.05, 0.1) is 13.2 Å². The summed E-state index contributed by atoms with van der Waals surface area (Å²) in [6.07, 6.45) is 21.3. The van der Waals surface area contributed by atoms with Gasteiger partial charge in [0.1, 0.15) is 11.5 Å². The van der Waals surface area contributed by atoms with Crippen LogP contribution in [-0.4, -0.2) is 13.2 Å². The molecule has 0 unspecified atom stereocenters. The lowest BCUT2D eigenvalue weighted by Crippen LogP contribution is -2.14. The van der Waals surface area contributed by atoms with Gasteiger partial charge in [-0.05, 0) is 68.6 Å². The molecule has 0 aliphatic heterocycles. The first-order valence-corrected chi connectivity index (χ1v) is 13.7. The molecular weight excluding hydrogens is 380 g/mol. The Bertz CT molecular complexity index is 560. The Hall–Kier alpha value is -1.18. The van der Waals surface area contributed by atoms with Crippen LogP contribution < -0.4 is 9.47 Å². The van der Waals surface area contributed by atoms with Gasteiger partial charge in [-0.15, -0.1) is 0 Å². The van der Waals surface area contributed by atoms with Gasteiger partial charge in [-0.25, -0.2) is 0 Å². The highest BCUT2D eigenvalue weighted by Gasteiger charge is 2.25. The first kappa shape index (κ1) is 26.1. The number of hydrogen-bond donors (Lipinski definition) is 0. The van der Waals surface area contributed by atoms with Crippen LogP contribution in [0.15, 0.2) is 18.2 Å². The average molecular weight is 431 g/mol. The molecule has 0 bridgehead atoms. The summed E-state index contributed by atoms with van der Waals surface area (Å²) in [4.78, 5) is 0. The Morgan fingerprint density at radius 1 is 0.677 bits per heavy atom. The van der Waals surface area contributed by atoms with E-state index in [9.17, 15) is 0 Å². The van der Waals surface area contributed by atoms with Gasteiger partial charge in [0.25, 0.3) is 0 Å². The highest BCUT2D eigenvalue weighted by Crippen LogP contribution is 2.42. The summed E-state index contributed by atoms with van der Waals surface area (Å²) in [5, 5.41) is 0. The molecule has 1 aromatic carbocycles. The van der Waals surface area contributed by atoms with Crippen LogP contribution >= 0.6 is 0 Å². The number of ether oxygens (including phenoxy) is 2. The molecule has 178 valence electrons. The lowest BCUT2D eigenvalue weighted by molar-refractivity contribution is 0.279. The highest BCUT2D eigenvalue weighted by atomic mass is 16.5. The minimum atomic E-state index is 0.635. The number of hydrogen-bond acceptors (Lipinski definition) is 2. The van der Waals surface area contributed by atoms with Crippen molar-refractivity contribution in [3.05, 3.63) is 23.8 Å². The van der Waals surface area contributed by atoms with Gasteiger partial charge in [0.2, 0.25) is 0 Å². The Kier molecular flexibility index (Phi) is 13.8. The van der Waals surface area contributed by atoms with Crippen LogP contribution in [0.4, 0.5) is 0 Å². The summed E-state index contributed by atoms with van der Waals surface area (Å²) in [7, 11) is 0. The summed E-state index contributed by atoms with van der Waals surface area (Å²) < 4.78 is 12.3. The first-order chi connectivity index (χ1) is 15.3. The predicted molar refractivity (Wildman–Crippen MR) is 135 cm³/mol. The fraction of sp³-hybridized carbons (Fsp3) is 0.793. The summed E-state index contributed by atoms with van der Waals surface area (Å²) in [6.45, 7) is 8.39. The molecule has 1 fully saturated rings. The minimum absolute atomic E-state index is 0.635. The fourth-order valence-electron chi connectivity index (χ4n) is 4.97. The molecule has 0 heterocycles. The Balaban J connectivity index is 1.85. The van der Waals surface area contributed by atoms with Crippen LogP contribution in [0.3, 0.4) is 0 Å². The molecule has 1 aliphatic carbocycles. The van der Waals surface area contributed by atoms with Crippen LogP contribution in [0.25, 0.3) is 0 Å². The highest BCUT2D eigenvalue weighted by molar-refractivity contribution is 5.42. The maximum Gasteiger partial charge on any atom is 0.123 e. The van der Waals surface area contributed by atoms with Gasteiger partial charge in [0, 0.05) is 5.56 Å². The SMILES string of the molecule is CCCCCCCOc1ccc(OCCC)c(C2CCC(CCCCCCC)CC2)c1. The van der Waals surface area contributed by atoms with E-state index in [0.717, 1.165) is 43.5 Å². The van der Waals surface area contributed by atoms with Crippen molar-refractivity contribution >= 4 is 0 Å². The van der Waals surface area contributed by atoms with Gasteiger partial charge in [-0.2, -0.15) is 0 Å². The van der Waals surface area contributed by atoms with Crippen molar-refractivity contribution in [3.63, 3.8) is 0 Å². The van der Waals surface area contributed by atoms with Crippen LogP contribution in [0.1, 0.15) is 135 Å². The zero-order valence-electron chi connectivity index (χ0n) is 20.9. The number of benzene rings is 1. The zero-order chi connectivity index (χ0) is 22.2. The summed E-state index contributed by atoms with van der Waals surface area (Å²) >= 11 is 0. The smallest absolute Gasteiger partial charge is 0.123 e. The molecule has 31 heavy (non-hydrogen) atoms. The molecule has 0 aromatic heterocycles. The summed E-state index contributed by atoms with van der Waals surface area (Å²) in [5.41, 5.74) is 1.40. The fourth-order valence-corrected chi connectivity index (χ4v) is 4.97. The molecule has 0 spiro atoms. The Morgan fingerprint density at radius 2 is 1.35 bits per heavy atom. The molecule has 1 saturated carbocycles. The van der Waals surface area contributed by atoms with Crippen LogP contribution in [-0.2, 0) is 0 Å². The van der Waals surface area contributed by atoms with Crippen LogP contribution in [0.5, 0.6) is 11.5 Å². The van der Waals surface area contributed by atoms with Gasteiger partial charge in [0.15, 0.2) is 0 Å². The molecular formula is C29H50O2. The molecule has 2 nitrogen and oxygen atoms in total. The summed E-state index contributed by atoms with van der Waals surface area (Å²) in [6, 6.07) is 6.58. The third-order valence-electron chi connectivity index (χ3n) is 6.96. The molecule has 1 aromatic rings. The lowest BCUT2D eigenvalue weighted by atomic mass is 9.76. The Labute approximate surface area is 193 Å². The second-order valence-electron chi connectivity index (χ2n) is 9.73. The molecule has 0 saturated heterocycles. The van der Waals surface area contributed by atoms with Crippen molar-refractivity contribution in [1.29, 1.82) is 0 Å². The zero-order valence-corrected chi connectivity index (χ0v) is 20.9.